The van der Waals surface area contributed by atoms with Gasteiger partial charge in [-0.3, -0.25) is 19.3 Å². The number of halogens is 2. The van der Waals surface area contributed by atoms with E-state index in [4.69, 9.17) is 0 Å². The van der Waals surface area contributed by atoms with E-state index in [9.17, 15) is 18.4 Å². The van der Waals surface area contributed by atoms with Crippen LogP contribution in [0.3, 0.4) is 0 Å². The number of hydrogen-bond donors (Lipinski definition) is 4. The Morgan fingerprint density at radius 1 is 1.33 bits per heavy atom. The topological polar surface area (TPSA) is 121 Å². The SMILES string of the molecule is CNc1cc(Nc2cccn(-c3ncccc3F)c2=O)nc2c(C(=O)N[C@@H]3C[C@@H]3F)c[nH][n+]12. The Bertz CT molecular complexity index is 1430. The predicted molar refractivity (Wildman–Crippen MR) is 115 cm³/mol. The monoisotopic (exact) mass is 453 g/mol. The van der Waals surface area contributed by atoms with Crippen LogP contribution < -0.4 is 26.0 Å². The maximum atomic E-state index is 14.2. The van der Waals surface area contributed by atoms with Gasteiger partial charge in [-0.05, 0) is 24.3 Å². The molecule has 0 unspecified atom stereocenters. The molecular weight excluding hydrogens is 434 g/mol. The number of fused-ring (bicyclic) bond motifs is 1. The molecule has 12 heteroatoms. The second kappa shape index (κ2) is 7.97. The fourth-order valence-corrected chi connectivity index (χ4v) is 3.43. The first-order chi connectivity index (χ1) is 16.0. The number of rotatable bonds is 6. The van der Waals surface area contributed by atoms with Gasteiger partial charge in [0.1, 0.15) is 17.4 Å². The van der Waals surface area contributed by atoms with Gasteiger partial charge in [0.15, 0.2) is 11.6 Å². The van der Waals surface area contributed by atoms with E-state index in [1.54, 1.807) is 23.7 Å². The molecule has 168 valence electrons. The van der Waals surface area contributed by atoms with Crippen molar-refractivity contribution in [3.63, 3.8) is 0 Å². The highest BCUT2D eigenvalue weighted by Crippen LogP contribution is 2.25. The summed E-state index contributed by atoms with van der Waals surface area (Å²) in [6.45, 7) is 0. The van der Waals surface area contributed by atoms with E-state index in [2.05, 4.69) is 31.0 Å². The zero-order chi connectivity index (χ0) is 23.1. The molecule has 0 spiro atoms. The predicted octanol–water partition coefficient (Wildman–Crippen LogP) is 1.46. The lowest BCUT2D eigenvalue weighted by Crippen LogP contribution is -2.31. The maximum Gasteiger partial charge on any atom is 0.301 e. The van der Waals surface area contributed by atoms with Crippen molar-refractivity contribution >= 4 is 28.9 Å². The normalized spacial score (nSPS) is 17.1. The largest absolute Gasteiger partial charge is 0.346 e. The molecule has 4 heterocycles. The minimum Gasteiger partial charge on any atom is -0.346 e. The van der Waals surface area contributed by atoms with Gasteiger partial charge in [0.2, 0.25) is 11.6 Å². The summed E-state index contributed by atoms with van der Waals surface area (Å²) in [5.41, 5.74) is 0.0758. The highest BCUT2D eigenvalue weighted by molar-refractivity contribution is 5.99. The van der Waals surface area contributed by atoms with Crippen molar-refractivity contribution in [1.29, 1.82) is 0 Å². The third-order valence-corrected chi connectivity index (χ3v) is 5.24. The Balaban J connectivity index is 1.52. The third kappa shape index (κ3) is 3.75. The number of amides is 1. The molecule has 1 aliphatic carbocycles. The van der Waals surface area contributed by atoms with E-state index in [0.717, 1.165) is 4.57 Å². The molecule has 0 aliphatic heterocycles. The number of nitrogens with zero attached hydrogens (tertiary/aromatic N) is 4. The Morgan fingerprint density at radius 2 is 2.15 bits per heavy atom. The zero-order valence-electron chi connectivity index (χ0n) is 17.3. The minimum absolute atomic E-state index is 0.126. The molecule has 1 saturated carbocycles. The van der Waals surface area contributed by atoms with Crippen LogP contribution in [0.25, 0.3) is 11.5 Å². The standard InChI is InChI=1S/C21H18F2N8O2/c1-24-17-9-16(29-18-11(10-26-31(17)18)20(32)28-15-8-13(15)23)27-14-5-3-7-30(21(14)33)19-12(22)4-2-6-25-19/h2-7,9-10,13,15H,8H2,1H3,(H3,24,26,27,28,29,32)/p+1/t13-,15+/m0/s1. The number of aromatic amines is 1. The summed E-state index contributed by atoms with van der Waals surface area (Å²) in [5, 5.41) is 11.5. The molecule has 0 aromatic carbocycles. The van der Waals surface area contributed by atoms with E-state index >= 15 is 0 Å². The summed E-state index contributed by atoms with van der Waals surface area (Å²) in [5.74, 6) is -0.419. The first-order valence-corrected chi connectivity index (χ1v) is 10.1. The average molecular weight is 453 g/mol. The number of pyridine rings is 2. The van der Waals surface area contributed by atoms with E-state index in [1.807, 2.05) is 0 Å². The molecule has 4 aromatic rings. The van der Waals surface area contributed by atoms with Crippen LogP contribution >= 0.6 is 0 Å². The van der Waals surface area contributed by atoms with E-state index in [0.29, 0.717) is 12.2 Å². The van der Waals surface area contributed by atoms with Crippen LogP contribution in [0, 0.1) is 5.82 Å². The molecule has 0 saturated heterocycles. The van der Waals surface area contributed by atoms with Crippen molar-refractivity contribution in [2.45, 2.75) is 18.6 Å². The molecule has 10 nitrogen and oxygen atoms in total. The molecule has 4 N–H and O–H groups in total. The number of nitrogens with one attached hydrogen (secondary N) is 4. The van der Waals surface area contributed by atoms with Crippen molar-refractivity contribution < 1.29 is 18.1 Å². The van der Waals surface area contributed by atoms with Gasteiger partial charge in [0.25, 0.3) is 11.5 Å². The van der Waals surface area contributed by atoms with Gasteiger partial charge in [0.05, 0.1) is 18.3 Å². The Morgan fingerprint density at radius 3 is 2.88 bits per heavy atom. The van der Waals surface area contributed by atoms with Gasteiger partial charge in [-0.15, -0.1) is 4.52 Å². The van der Waals surface area contributed by atoms with Crippen LogP contribution in [0.1, 0.15) is 16.8 Å². The summed E-state index contributed by atoms with van der Waals surface area (Å²) < 4.78 is 30.0. The summed E-state index contributed by atoms with van der Waals surface area (Å²) in [7, 11) is 1.68. The number of aromatic nitrogens is 5. The number of alkyl halides is 1. The quantitative estimate of drug-likeness (QED) is 0.328. The minimum atomic E-state index is -1.03. The van der Waals surface area contributed by atoms with Crippen molar-refractivity contribution in [2.75, 3.05) is 17.7 Å². The smallest absolute Gasteiger partial charge is 0.301 e. The summed E-state index contributed by atoms with van der Waals surface area (Å²) in [4.78, 5) is 33.9. The third-order valence-electron chi connectivity index (χ3n) is 5.24. The van der Waals surface area contributed by atoms with Gasteiger partial charge in [0, 0.05) is 25.9 Å². The Kier molecular flexibility index (Phi) is 4.96. The molecule has 33 heavy (non-hydrogen) atoms. The number of H-pyrrole nitrogens is 1. The highest BCUT2D eigenvalue weighted by atomic mass is 19.1. The van der Waals surface area contributed by atoms with Crippen molar-refractivity contribution in [1.82, 2.24) is 25.0 Å². The molecule has 4 aromatic heterocycles. The molecule has 5 rings (SSSR count). The van der Waals surface area contributed by atoms with Crippen LogP contribution in [-0.4, -0.2) is 44.8 Å². The Hall–Kier alpha value is -4.35. The van der Waals surface area contributed by atoms with E-state index in [-0.39, 0.29) is 28.5 Å². The van der Waals surface area contributed by atoms with E-state index < -0.39 is 29.5 Å². The molecule has 0 radical (unpaired) electrons. The fourth-order valence-electron chi connectivity index (χ4n) is 3.43. The van der Waals surface area contributed by atoms with Crippen LogP contribution in [0.4, 0.5) is 26.1 Å². The van der Waals surface area contributed by atoms with Crippen molar-refractivity contribution in [3.05, 3.63) is 70.7 Å². The lowest BCUT2D eigenvalue weighted by molar-refractivity contribution is -0.563. The van der Waals surface area contributed by atoms with Crippen molar-refractivity contribution in [2.24, 2.45) is 0 Å². The van der Waals surface area contributed by atoms with Gasteiger partial charge >= 0.3 is 5.65 Å². The van der Waals surface area contributed by atoms with Gasteiger partial charge < -0.3 is 16.0 Å². The zero-order valence-corrected chi connectivity index (χ0v) is 17.3. The van der Waals surface area contributed by atoms with E-state index in [1.165, 1.54) is 36.8 Å². The van der Waals surface area contributed by atoms with Gasteiger partial charge in [-0.1, -0.05) is 4.98 Å². The fraction of sp³-hybridized carbons (Fsp3) is 0.190. The van der Waals surface area contributed by atoms with Crippen LogP contribution in [0.5, 0.6) is 0 Å². The van der Waals surface area contributed by atoms with Crippen LogP contribution in [-0.2, 0) is 0 Å². The summed E-state index contributed by atoms with van der Waals surface area (Å²) >= 11 is 0. The molecule has 1 fully saturated rings. The van der Waals surface area contributed by atoms with Crippen LogP contribution in [0.15, 0.2) is 53.7 Å². The molecule has 1 aliphatic rings. The molecule has 2 atom stereocenters. The first kappa shape index (κ1) is 20.5. The second-order valence-corrected chi connectivity index (χ2v) is 7.49. The Labute approximate surface area is 185 Å². The number of carbonyl (C=O) groups is 1. The average Bonchev–Trinajstić information content (AvgIpc) is 3.32. The molecular formula is C21H19F2N8O2+. The lowest BCUT2D eigenvalue weighted by Gasteiger charge is -2.09. The first-order valence-electron chi connectivity index (χ1n) is 10.1. The number of carbonyl (C=O) groups excluding carboxylic acids is 1. The lowest BCUT2D eigenvalue weighted by atomic mass is 10.3. The second-order valence-electron chi connectivity index (χ2n) is 7.49. The summed E-state index contributed by atoms with van der Waals surface area (Å²) in [6.07, 6.45) is 3.53. The van der Waals surface area contributed by atoms with Gasteiger partial charge in [-0.25, -0.2) is 13.8 Å². The van der Waals surface area contributed by atoms with Crippen LogP contribution in [0.2, 0.25) is 0 Å². The van der Waals surface area contributed by atoms with Crippen molar-refractivity contribution in [3.8, 4) is 5.82 Å². The molecule has 1 amide bonds. The highest BCUT2D eigenvalue weighted by Gasteiger charge is 2.39. The molecule has 0 bridgehead atoms. The summed E-state index contributed by atoms with van der Waals surface area (Å²) in [6, 6.07) is 6.88. The van der Waals surface area contributed by atoms with Gasteiger partial charge in [-0.2, -0.15) is 0 Å². The number of hydrogen-bond acceptors (Lipinski definition) is 6. The number of anilines is 3. The maximum absolute atomic E-state index is 14.2.